The monoisotopic (exact) mass is 961 g/mol. The average Bonchev–Trinajstić information content (AvgIpc) is 4.03. The van der Waals surface area contributed by atoms with Gasteiger partial charge in [0.25, 0.3) is 11.1 Å². The molecule has 0 unspecified atom stereocenters. The van der Waals surface area contributed by atoms with E-state index in [0.717, 1.165) is 22.2 Å². The summed E-state index contributed by atoms with van der Waals surface area (Å²) in [6.07, 6.45) is 9.92. The number of hydrogen-bond donors (Lipinski definition) is 2. The van der Waals surface area contributed by atoms with E-state index < -0.39 is 11.1 Å². The number of halogens is 2. The van der Waals surface area contributed by atoms with Gasteiger partial charge in [-0.15, -0.1) is 0 Å². The van der Waals surface area contributed by atoms with Crippen molar-refractivity contribution in [3.05, 3.63) is 234 Å². The van der Waals surface area contributed by atoms with E-state index in [1.54, 1.807) is 142 Å². The Bertz CT molecular complexity index is 3610. The second-order valence-electron chi connectivity index (χ2n) is 16.8. The van der Waals surface area contributed by atoms with Gasteiger partial charge in [-0.05, 0) is 94.0 Å². The minimum absolute atomic E-state index is 0.196. The number of nitrogens with two attached hydrogens (primary N) is 1. The van der Waals surface area contributed by atoms with Crippen molar-refractivity contribution >= 4 is 45.3 Å². The van der Waals surface area contributed by atoms with E-state index in [1.807, 2.05) is 48.0 Å². The van der Waals surface area contributed by atoms with E-state index in [0.29, 0.717) is 76.9 Å². The maximum atomic E-state index is 12.8. The van der Waals surface area contributed by atoms with Crippen LogP contribution in [0.2, 0.25) is 10.0 Å². The molecule has 0 amide bonds. The number of imidazole rings is 2. The van der Waals surface area contributed by atoms with Gasteiger partial charge in [0.1, 0.15) is 16.8 Å². The van der Waals surface area contributed by atoms with Crippen LogP contribution in [-0.2, 0) is 39.3 Å². The second kappa shape index (κ2) is 18.5. The highest BCUT2D eigenvalue weighted by Gasteiger charge is 2.38. The molecule has 6 heterocycles. The minimum Gasteiger partial charge on any atom is -0.374 e. The largest absolute Gasteiger partial charge is 0.374 e. The van der Waals surface area contributed by atoms with Crippen LogP contribution in [0.15, 0.2) is 168 Å². The molecule has 6 aromatic heterocycles. The van der Waals surface area contributed by atoms with Crippen LogP contribution in [0.4, 0.5) is 0 Å². The molecule has 14 nitrogen and oxygen atoms in total. The smallest absolute Gasteiger partial charge is 0.252 e. The Kier molecular flexibility index (Phi) is 12.3. The van der Waals surface area contributed by atoms with E-state index in [9.17, 15) is 25.2 Å². The zero-order valence-electron chi connectivity index (χ0n) is 38.1. The van der Waals surface area contributed by atoms with Gasteiger partial charge in [-0.3, -0.25) is 18.7 Å². The van der Waals surface area contributed by atoms with Gasteiger partial charge < -0.3 is 20.0 Å². The van der Waals surface area contributed by atoms with Crippen molar-refractivity contribution < 1.29 is 5.11 Å². The van der Waals surface area contributed by atoms with Crippen LogP contribution < -0.4 is 16.9 Å². The van der Waals surface area contributed by atoms with Gasteiger partial charge in [-0.2, -0.15) is 10.5 Å². The number of aryl methyl sites for hydroxylation is 4. The third kappa shape index (κ3) is 8.21. The predicted molar refractivity (Wildman–Crippen MR) is 270 cm³/mol. The SMILES string of the molecule is Cn1cncc1[C@@](N)(c1ccc(Cl)cc1)c1cnc2c(c1)c(-c1cccc(C#N)c1)cc(=O)n2C.Cn1cncc1[C@@](O)(c1ccc(Cl)cc1)c1cnc2c(c1)c(-c1cccc(C#N)c1)cc(=O)n2C. The van der Waals surface area contributed by atoms with Gasteiger partial charge in [-0.25, -0.2) is 19.9 Å². The molecular weight excluding hydrogens is 922 g/mol. The lowest BCUT2D eigenvalue weighted by atomic mass is 9.81. The molecule has 0 saturated heterocycles. The van der Waals surface area contributed by atoms with Gasteiger partial charge >= 0.3 is 0 Å². The maximum Gasteiger partial charge on any atom is 0.252 e. The highest BCUT2D eigenvalue weighted by atomic mass is 35.5. The maximum absolute atomic E-state index is 12.8. The molecule has 0 radical (unpaired) electrons. The first-order chi connectivity index (χ1) is 33.6. The summed E-state index contributed by atoms with van der Waals surface area (Å²) in [7, 11) is 7.03. The van der Waals surface area contributed by atoms with Crippen LogP contribution in [0.5, 0.6) is 0 Å². The van der Waals surface area contributed by atoms with Crippen LogP contribution in [-0.4, -0.2) is 43.3 Å². The van der Waals surface area contributed by atoms with Crippen molar-refractivity contribution in [1.29, 1.82) is 10.5 Å². The summed E-state index contributed by atoms with van der Waals surface area (Å²) in [6, 6.07) is 39.7. The van der Waals surface area contributed by atoms with Crippen LogP contribution >= 0.6 is 23.2 Å². The Morgan fingerprint density at radius 3 is 1.46 bits per heavy atom. The number of rotatable bonds is 8. The number of nitrogens with zero attached hydrogens (tertiary/aromatic N) is 10. The number of benzene rings is 4. The van der Waals surface area contributed by atoms with Crippen molar-refractivity contribution in [2.24, 2.45) is 33.9 Å². The number of pyridine rings is 4. The molecule has 0 saturated carbocycles. The van der Waals surface area contributed by atoms with Crippen molar-refractivity contribution in [3.8, 4) is 34.4 Å². The number of aromatic nitrogens is 8. The second-order valence-corrected chi connectivity index (χ2v) is 17.7. The molecule has 344 valence electrons. The first-order valence-corrected chi connectivity index (χ1v) is 22.4. The quantitative estimate of drug-likeness (QED) is 0.149. The summed E-state index contributed by atoms with van der Waals surface area (Å²) in [5.74, 6) is 0. The molecule has 16 heteroatoms. The minimum atomic E-state index is -1.60. The van der Waals surface area contributed by atoms with Gasteiger partial charge in [0.15, 0.2) is 5.60 Å². The topological polar surface area (TPSA) is 199 Å². The summed E-state index contributed by atoms with van der Waals surface area (Å²) in [6.45, 7) is 0. The van der Waals surface area contributed by atoms with Crippen LogP contribution in [0.3, 0.4) is 0 Å². The van der Waals surface area contributed by atoms with Crippen molar-refractivity contribution in [3.63, 3.8) is 0 Å². The number of aliphatic hydroxyl groups is 1. The lowest BCUT2D eigenvalue weighted by Crippen LogP contribution is -2.41. The molecule has 0 fully saturated rings. The Morgan fingerprint density at radius 1 is 0.557 bits per heavy atom. The molecule has 70 heavy (non-hydrogen) atoms. The Morgan fingerprint density at radius 2 is 1.00 bits per heavy atom. The van der Waals surface area contributed by atoms with Gasteiger partial charge in [0.2, 0.25) is 0 Å². The zero-order valence-corrected chi connectivity index (χ0v) is 39.6. The molecule has 0 aliphatic heterocycles. The summed E-state index contributed by atoms with van der Waals surface area (Å²) < 4.78 is 6.58. The fraction of sp³-hybridized carbons (Fsp3) is 0.111. The van der Waals surface area contributed by atoms with Gasteiger partial charge in [0.05, 0.1) is 59.7 Å². The lowest BCUT2D eigenvalue weighted by molar-refractivity contribution is 0.117. The molecule has 0 bridgehead atoms. The van der Waals surface area contributed by atoms with Crippen molar-refractivity contribution in [1.82, 2.24) is 38.2 Å². The number of fused-ring (bicyclic) bond motifs is 2. The van der Waals surface area contributed by atoms with Gasteiger partial charge in [-0.1, -0.05) is 71.7 Å². The summed E-state index contributed by atoms with van der Waals surface area (Å²) in [5.41, 5.74) is 12.7. The van der Waals surface area contributed by atoms with Crippen LogP contribution in [0.25, 0.3) is 44.3 Å². The molecule has 2 atom stereocenters. The van der Waals surface area contributed by atoms with Crippen LogP contribution in [0.1, 0.15) is 44.8 Å². The zero-order chi connectivity index (χ0) is 49.5. The predicted octanol–water partition coefficient (Wildman–Crippen LogP) is 8.25. The highest BCUT2D eigenvalue weighted by Crippen LogP contribution is 2.40. The van der Waals surface area contributed by atoms with E-state index in [1.165, 1.54) is 15.2 Å². The van der Waals surface area contributed by atoms with E-state index in [-0.39, 0.29) is 11.1 Å². The number of hydrogen-bond acceptors (Lipinski definition) is 10. The summed E-state index contributed by atoms with van der Waals surface area (Å²) in [5, 5.41) is 33.6. The molecule has 0 aliphatic rings. The third-order valence-corrected chi connectivity index (χ3v) is 13.1. The molecule has 10 rings (SSSR count). The average molecular weight is 963 g/mol. The molecular formula is C54H41Cl2N11O3. The normalized spacial score (nSPS) is 12.9. The first-order valence-electron chi connectivity index (χ1n) is 21.6. The Balaban J connectivity index is 0.000000174. The van der Waals surface area contributed by atoms with Gasteiger partial charge in [0, 0.05) is 84.7 Å². The van der Waals surface area contributed by atoms with E-state index in [4.69, 9.17) is 28.9 Å². The standard InChI is InChI=1S/C27H21ClN6O.C27H20ClN5O2/c1-33-16-31-15-24(33)27(30,19-6-8-21(28)9-7-19)20-11-23-22(18-5-3-4-17(10-18)13-29)12-25(35)34(2)26(23)32-14-20;1-32-16-30-15-24(32)27(35,19-6-8-21(28)9-7-19)20-11-23-22(18-5-3-4-17(10-18)13-29)12-25(34)33(2)26(23)31-14-20/h3-12,14-16H,30H2,1-2H3;3-12,14-16,35H,1-2H3/t2*27-/m11/s1. The molecule has 0 aliphatic carbocycles. The fourth-order valence-corrected chi connectivity index (χ4v) is 9.08. The molecule has 0 spiro atoms. The van der Waals surface area contributed by atoms with E-state index >= 15 is 0 Å². The van der Waals surface area contributed by atoms with Crippen LogP contribution in [0, 0.1) is 22.7 Å². The number of nitriles is 2. The van der Waals surface area contributed by atoms with Crippen molar-refractivity contribution in [2.45, 2.75) is 11.1 Å². The third-order valence-electron chi connectivity index (χ3n) is 12.6. The molecule has 3 N–H and O–H groups in total. The molecule has 4 aromatic carbocycles. The van der Waals surface area contributed by atoms with E-state index in [2.05, 4.69) is 32.1 Å². The Labute approximate surface area is 411 Å². The lowest BCUT2D eigenvalue weighted by Gasteiger charge is -2.31. The Hall–Kier alpha value is -8.50. The highest BCUT2D eigenvalue weighted by molar-refractivity contribution is 6.30. The molecule has 10 aromatic rings. The summed E-state index contributed by atoms with van der Waals surface area (Å²) >= 11 is 12.3. The fourth-order valence-electron chi connectivity index (χ4n) is 8.83. The summed E-state index contributed by atoms with van der Waals surface area (Å²) in [4.78, 5) is 43.3. The van der Waals surface area contributed by atoms with Crippen molar-refractivity contribution in [2.75, 3.05) is 0 Å². The first kappa shape index (κ1) is 46.6.